The molecule has 116 valence electrons. The first kappa shape index (κ1) is 16.0. The van der Waals surface area contributed by atoms with Gasteiger partial charge in [-0.1, -0.05) is 18.1 Å². The summed E-state index contributed by atoms with van der Waals surface area (Å²) < 4.78 is 52.8. The maximum absolute atomic E-state index is 13.4. The average molecular weight is 302 g/mol. The molecule has 1 aromatic carbocycles. The number of allylic oxidation sites excluding steroid dienone is 1. The van der Waals surface area contributed by atoms with E-state index in [0.29, 0.717) is 6.42 Å². The van der Waals surface area contributed by atoms with Crippen molar-refractivity contribution in [1.29, 1.82) is 0 Å². The lowest BCUT2D eigenvalue weighted by Gasteiger charge is -2.23. The van der Waals surface area contributed by atoms with Crippen LogP contribution in [0, 0.1) is 5.82 Å². The van der Waals surface area contributed by atoms with Crippen molar-refractivity contribution < 1.29 is 17.6 Å². The number of halogens is 4. The molecule has 0 bridgehead atoms. The normalized spacial score (nSPS) is 18.0. The van der Waals surface area contributed by atoms with E-state index in [-0.39, 0.29) is 5.56 Å². The molecule has 1 aliphatic carbocycles. The van der Waals surface area contributed by atoms with Gasteiger partial charge in [-0.05, 0) is 49.4 Å². The average Bonchev–Trinajstić information content (AvgIpc) is 2.67. The molecule has 0 fully saturated rings. The lowest BCUT2D eigenvalue weighted by atomic mass is 9.91. The van der Waals surface area contributed by atoms with Gasteiger partial charge in [0.1, 0.15) is 5.82 Å². The predicted octanol–water partition coefficient (Wildman–Crippen LogP) is 4.24. The zero-order valence-electron chi connectivity index (χ0n) is 11.5. The summed E-state index contributed by atoms with van der Waals surface area (Å²) >= 11 is 0. The van der Waals surface area contributed by atoms with Gasteiger partial charge in [-0.15, -0.1) is 0 Å². The Balaban J connectivity index is 2.46. The van der Waals surface area contributed by atoms with Gasteiger partial charge in [0.2, 0.25) is 0 Å². The molecule has 0 heterocycles. The summed E-state index contributed by atoms with van der Waals surface area (Å²) in [5.41, 5.74) is 2.21. The van der Waals surface area contributed by atoms with Crippen molar-refractivity contribution in [2.24, 2.45) is 5.84 Å². The van der Waals surface area contributed by atoms with Crippen LogP contribution in [0.15, 0.2) is 29.8 Å². The summed E-state index contributed by atoms with van der Waals surface area (Å²) in [5, 5.41) is 0. The molecule has 0 amide bonds. The molecule has 3 N–H and O–H groups in total. The highest BCUT2D eigenvalue weighted by Gasteiger charge is 2.36. The third kappa shape index (κ3) is 3.83. The van der Waals surface area contributed by atoms with Crippen LogP contribution >= 0.6 is 0 Å². The van der Waals surface area contributed by atoms with Crippen molar-refractivity contribution in [2.45, 2.75) is 44.3 Å². The van der Waals surface area contributed by atoms with E-state index < -0.39 is 23.6 Å². The summed E-state index contributed by atoms with van der Waals surface area (Å²) in [7, 11) is 0. The number of benzene rings is 1. The zero-order valence-corrected chi connectivity index (χ0v) is 11.5. The van der Waals surface area contributed by atoms with Gasteiger partial charge in [-0.3, -0.25) is 5.84 Å². The van der Waals surface area contributed by atoms with E-state index in [1.165, 1.54) is 0 Å². The Morgan fingerprint density at radius 2 is 1.90 bits per heavy atom. The van der Waals surface area contributed by atoms with Crippen LogP contribution in [0.2, 0.25) is 0 Å². The summed E-state index contributed by atoms with van der Waals surface area (Å²) in [6, 6.07) is 1.70. The van der Waals surface area contributed by atoms with Gasteiger partial charge in [-0.25, -0.2) is 9.82 Å². The summed E-state index contributed by atoms with van der Waals surface area (Å²) in [6.45, 7) is 0. The monoisotopic (exact) mass is 302 g/mol. The number of alkyl halides is 3. The number of rotatable bonds is 3. The van der Waals surface area contributed by atoms with E-state index in [0.717, 1.165) is 49.5 Å². The summed E-state index contributed by atoms with van der Waals surface area (Å²) in [5.74, 6) is 4.77. The molecule has 0 aliphatic heterocycles. The number of hydrogen-bond acceptors (Lipinski definition) is 2. The molecule has 0 saturated heterocycles. The maximum Gasteiger partial charge on any atom is 0.416 e. The van der Waals surface area contributed by atoms with Gasteiger partial charge in [0.25, 0.3) is 0 Å². The fourth-order valence-electron chi connectivity index (χ4n) is 2.73. The quantitative estimate of drug-likeness (QED) is 0.379. The molecule has 0 aromatic heterocycles. The molecule has 1 unspecified atom stereocenters. The predicted molar refractivity (Wildman–Crippen MR) is 72.6 cm³/mol. The first-order valence-corrected chi connectivity index (χ1v) is 6.95. The molecule has 0 saturated carbocycles. The molecule has 21 heavy (non-hydrogen) atoms. The van der Waals surface area contributed by atoms with E-state index in [9.17, 15) is 17.6 Å². The SMILES string of the molecule is NNC(C1=CCCCCC1)c1cc(F)ccc1C(F)(F)F. The van der Waals surface area contributed by atoms with Gasteiger partial charge < -0.3 is 0 Å². The Hall–Kier alpha value is -1.40. The minimum atomic E-state index is -4.54. The van der Waals surface area contributed by atoms with Crippen LogP contribution in [-0.4, -0.2) is 0 Å². The van der Waals surface area contributed by atoms with Crippen LogP contribution in [0.1, 0.15) is 49.3 Å². The molecular formula is C15H18F4N2. The number of hydrogen-bond donors (Lipinski definition) is 2. The summed E-state index contributed by atoms with van der Waals surface area (Å²) in [4.78, 5) is 0. The highest BCUT2D eigenvalue weighted by Crippen LogP contribution is 2.38. The fraction of sp³-hybridized carbons (Fsp3) is 0.467. The van der Waals surface area contributed by atoms with Crippen LogP contribution in [0.3, 0.4) is 0 Å². The maximum atomic E-state index is 13.4. The van der Waals surface area contributed by atoms with Crippen molar-refractivity contribution in [3.63, 3.8) is 0 Å². The van der Waals surface area contributed by atoms with Crippen molar-refractivity contribution in [2.75, 3.05) is 0 Å². The molecular weight excluding hydrogens is 284 g/mol. The van der Waals surface area contributed by atoms with E-state index in [1.807, 2.05) is 6.08 Å². The highest BCUT2D eigenvalue weighted by atomic mass is 19.4. The van der Waals surface area contributed by atoms with Crippen molar-refractivity contribution in [1.82, 2.24) is 5.43 Å². The minimum Gasteiger partial charge on any atom is -0.271 e. The molecule has 2 rings (SSSR count). The van der Waals surface area contributed by atoms with Gasteiger partial charge in [0.05, 0.1) is 11.6 Å². The molecule has 0 spiro atoms. The van der Waals surface area contributed by atoms with E-state index in [2.05, 4.69) is 5.43 Å². The second kappa shape index (κ2) is 6.58. The second-order valence-corrected chi connectivity index (χ2v) is 5.21. The topological polar surface area (TPSA) is 38.0 Å². The molecule has 2 nitrogen and oxygen atoms in total. The van der Waals surface area contributed by atoms with Crippen LogP contribution in [-0.2, 0) is 6.18 Å². The summed E-state index contributed by atoms with van der Waals surface area (Å²) in [6.07, 6.45) is 1.81. The van der Waals surface area contributed by atoms with Crippen molar-refractivity contribution in [3.05, 3.63) is 46.8 Å². The largest absolute Gasteiger partial charge is 0.416 e. The van der Waals surface area contributed by atoms with Crippen LogP contribution in [0.25, 0.3) is 0 Å². The third-order valence-electron chi connectivity index (χ3n) is 3.74. The number of hydrazine groups is 1. The smallest absolute Gasteiger partial charge is 0.271 e. The standard InChI is InChI=1S/C15H18F4N2/c16-11-7-8-13(15(17,18)19)12(9-11)14(21-20)10-5-3-1-2-4-6-10/h5,7-9,14,21H,1-4,6,20H2. The Labute approximate surface area is 121 Å². The number of nitrogens with one attached hydrogen (secondary N) is 1. The third-order valence-corrected chi connectivity index (χ3v) is 3.74. The molecule has 1 aliphatic rings. The molecule has 6 heteroatoms. The van der Waals surface area contributed by atoms with Crippen molar-refractivity contribution >= 4 is 0 Å². The first-order valence-electron chi connectivity index (χ1n) is 6.95. The van der Waals surface area contributed by atoms with E-state index in [4.69, 9.17) is 5.84 Å². The van der Waals surface area contributed by atoms with Gasteiger partial charge in [-0.2, -0.15) is 13.2 Å². The van der Waals surface area contributed by atoms with Crippen LogP contribution in [0.5, 0.6) is 0 Å². The van der Waals surface area contributed by atoms with Crippen LogP contribution < -0.4 is 11.3 Å². The Bertz CT molecular complexity index is 523. The highest BCUT2D eigenvalue weighted by molar-refractivity contribution is 5.38. The molecule has 1 aromatic rings. The Morgan fingerprint density at radius 3 is 2.57 bits per heavy atom. The Kier molecular flexibility index (Phi) is 5.00. The molecule has 1 atom stereocenters. The van der Waals surface area contributed by atoms with Crippen molar-refractivity contribution in [3.8, 4) is 0 Å². The van der Waals surface area contributed by atoms with Gasteiger partial charge in [0, 0.05) is 0 Å². The minimum absolute atomic E-state index is 0.154. The van der Waals surface area contributed by atoms with Crippen LogP contribution in [0.4, 0.5) is 17.6 Å². The van der Waals surface area contributed by atoms with Gasteiger partial charge in [0.15, 0.2) is 0 Å². The number of nitrogens with two attached hydrogens (primary N) is 1. The fourth-order valence-corrected chi connectivity index (χ4v) is 2.73. The van der Waals surface area contributed by atoms with E-state index in [1.54, 1.807) is 0 Å². The zero-order chi connectivity index (χ0) is 15.5. The first-order chi connectivity index (χ1) is 9.93. The Morgan fingerprint density at radius 1 is 1.14 bits per heavy atom. The van der Waals surface area contributed by atoms with E-state index >= 15 is 0 Å². The van der Waals surface area contributed by atoms with Gasteiger partial charge >= 0.3 is 6.18 Å². The lowest BCUT2D eigenvalue weighted by Crippen LogP contribution is -2.31. The lowest BCUT2D eigenvalue weighted by molar-refractivity contribution is -0.138. The second-order valence-electron chi connectivity index (χ2n) is 5.21. The molecule has 0 radical (unpaired) electrons.